The smallest absolute Gasteiger partial charge is 0.179 e. The molecule has 63 heavy (non-hydrogen) atoms. The van der Waals surface area contributed by atoms with Gasteiger partial charge in [-0.2, -0.15) is 0 Å². The summed E-state index contributed by atoms with van der Waals surface area (Å²) in [5, 5.41) is 13.2. The number of benzene rings is 5. The van der Waals surface area contributed by atoms with Crippen LogP contribution in [0.15, 0.2) is 190 Å². The third kappa shape index (κ3) is 11.0. The molecule has 0 saturated carbocycles. The number of hydrogen-bond donors (Lipinski definition) is 2. The summed E-state index contributed by atoms with van der Waals surface area (Å²) >= 11 is 0. The van der Waals surface area contributed by atoms with Crippen LogP contribution < -0.4 is 14.8 Å². The van der Waals surface area contributed by atoms with E-state index in [2.05, 4.69) is 52.7 Å². The molecule has 0 fully saturated rings. The molecule has 10 rings (SSSR count). The summed E-state index contributed by atoms with van der Waals surface area (Å²) < 4.78 is 29.6. The van der Waals surface area contributed by atoms with Gasteiger partial charge in [0.25, 0.3) is 0 Å². The third-order valence-corrected chi connectivity index (χ3v) is 10.9. The largest absolute Gasteiger partial charge is 0.508 e. The molecule has 0 amide bonds. The summed E-state index contributed by atoms with van der Waals surface area (Å²) in [6.07, 6.45) is 9.72. The molecular weight excluding hydrogens is 793 g/mol. The number of aromatic hydroxyl groups is 1. The highest BCUT2D eigenvalue weighted by Crippen LogP contribution is 2.40. The molecule has 0 aliphatic carbocycles. The fourth-order valence-electron chi connectivity index (χ4n) is 7.69. The summed E-state index contributed by atoms with van der Waals surface area (Å²) in [5.41, 5.74) is 6.54. The van der Waals surface area contributed by atoms with Crippen molar-refractivity contribution < 1.29 is 37.4 Å². The minimum Gasteiger partial charge on any atom is -0.508 e. The summed E-state index contributed by atoms with van der Waals surface area (Å²) in [6, 6.07) is 50.6. The van der Waals surface area contributed by atoms with Crippen LogP contribution >= 0.6 is 0 Å². The quantitative estimate of drug-likeness (QED) is 0.115. The van der Waals surface area contributed by atoms with Crippen LogP contribution in [-0.2, 0) is 32.4 Å². The summed E-state index contributed by atoms with van der Waals surface area (Å²) in [7, 11) is 0. The van der Waals surface area contributed by atoms with E-state index in [1.165, 1.54) is 5.56 Å². The lowest BCUT2D eigenvalue weighted by Gasteiger charge is -2.37. The molecule has 5 aromatic carbocycles. The molecular formula is C53H48N2O8. The fourth-order valence-corrected chi connectivity index (χ4v) is 7.69. The SMILES string of the molecule is O=Cc1ccc(C=O)cc1.Oc1ccccc1CCCc1ccco1.c1coc(CC2Nc3ccccc3OC2c2ccc(C3Oc4ccccc4CN3Cc3ccco3)cc2)c1. The van der Waals surface area contributed by atoms with Crippen molar-refractivity contribution in [3.05, 3.63) is 227 Å². The van der Waals surface area contributed by atoms with Gasteiger partial charge in [-0.1, -0.05) is 97.1 Å². The first-order chi connectivity index (χ1) is 31.0. The number of aldehydes is 2. The van der Waals surface area contributed by atoms with Crippen molar-refractivity contribution in [2.24, 2.45) is 0 Å². The van der Waals surface area contributed by atoms with Gasteiger partial charge in [-0.25, -0.2) is 0 Å². The van der Waals surface area contributed by atoms with Crippen LogP contribution in [0.1, 0.15) is 79.0 Å². The maximum Gasteiger partial charge on any atom is 0.179 e. The molecule has 10 nitrogen and oxygen atoms in total. The number of ether oxygens (including phenoxy) is 2. The molecule has 0 bridgehead atoms. The Bertz CT molecular complexity index is 2480. The second-order valence-electron chi connectivity index (χ2n) is 15.3. The highest BCUT2D eigenvalue weighted by atomic mass is 16.5. The Morgan fingerprint density at radius 1 is 0.587 bits per heavy atom. The Kier molecular flexibility index (Phi) is 13.9. The predicted octanol–water partition coefficient (Wildman–Crippen LogP) is 11.6. The number of furan rings is 3. The Morgan fingerprint density at radius 2 is 1.19 bits per heavy atom. The zero-order valence-corrected chi connectivity index (χ0v) is 34.6. The van der Waals surface area contributed by atoms with E-state index in [1.54, 1.807) is 49.1 Å². The lowest BCUT2D eigenvalue weighted by Crippen LogP contribution is -2.37. The highest BCUT2D eigenvalue weighted by Gasteiger charge is 2.33. The number of phenolic OH excluding ortho intramolecular Hbond substituents is 1. The molecule has 3 aromatic heterocycles. The monoisotopic (exact) mass is 840 g/mol. The van der Waals surface area contributed by atoms with E-state index < -0.39 is 0 Å². The van der Waals surface area contributed by atoms with Crippen molar-refractivity contribution >= 4 is 18.3 Å². The number of rotatable bonds is 12. The zero-order valence-electron chi connectivity index (χ0n) is 34.6. The van der Waals surface area contributed by atoms with E-state index in [0.717, 1.165) is 89.5 Å². The van der Waals surface area contributed by atoms with Gasteiger partial charge in [0.05, 0.1) is 37.1 Å². The minimum atomic E-state index is -0.228. The summed E-state index contributed by atoms with van der Waals surface area (Å²) in [4.78, 5) is 22.5. The van der Waals surface area contributed by atoms with Crippen LogP contribution in [-0.4, -0.2) is 28.6 Å². The van der Waals surface area contributed by atoms with Gasteiger partial charge in [-0.05, 0) is 84.6 Å². The standard InChI is InChI=1S/C32H28N2O4.C13H14O2.C8H6O2/c1-3-11-29-24(7-1)20-34(21-26-9-6-18-36-26)32(38-29)23-15-13-22(14-16-23)31-28(19-25-8-5-17-35-25)33-27-10-2-4-12-30(27)37-31;14-13-9-2-1-5-11(13)6-3-7-12-8-4-10-15-12;9-5-7-1-2-8(6-10)4-3-7/h1-18,28,31-33H,19-21H2;1-2,4-5,8-10,14H,3,6-7H2;1-6H. The lowest BCUT2D eigenvalue weighted by molar-refractivity contribution is -0.0128. The molecule has 0 saturated heterocycles. The van der Waals surface area contributed by atoms with Gasteiger partial charge in [-0.3, -0.25) is 14.5 Å². The fraction of sp³-hybridized carbons (Fsp3) is 0.170. The van der Waals surface area contributed by atoms with Crippen LogP contribution in [0, 0.1) is 0 Å². The van der Waals surface area contributed by atoms with E-state index in [-0.39, 0.29) is 18.4 Å². The maximum absolute atomic E-state index is 10.1. The van der Waals surface area contributed by atoms with E-state index in [1.807, 2.05) is 84.9 Å². The van der Waals surface area contributed by atoms with Gasteiger partial charge < -0.3 is 33.1 Å². The molecule has 2 aliphatic rings. The molecule has 0 spiro atoms. The average Bonchev–Trinajstić information content (AvgIpc) is 4.16. The van der Waals surface area contributed by atoms with Gasteiger partial charge in [0, 0.05) is 41.6 Å². The number of carbonyl (C=O) groups is 2. The van der Waals surface area contributed by atoms with Crippen LogP contribution in [0.5, 0.6) is 17.2 Å². The minimum absolute atomic E-state index is 0.0233. The number of anilines is 1. The van der Waals surface area contributed by atoms with Crippen molar-refractivity contribution in [2.75, 3.05) is 5.32 Å². The molecule has 318 valence electrons. The molecule has 3 atom stereocenters. The number of hydrogen-bond acceptors (Lipinski definition) is 10. The Labute approximate surface area is 366 Å². The van der Waals surface area contributed by atoms with Gasteiger partial charge in [0.2, 0.25) is 0 Å². The van der Waals surface area contributed by atoms with Gasteiger partial charge in [0.15, 0.2) is 6.23 Å². The number of nitrogens with zero attached hydrogens (tertiary/aromatic N) is 1. The zero-order chi connectivity index (χ0) is 43.2. The normalized spacial score (nSPS) is 16.2. The van der Waals surface area contributed by atoms with Crippen molar-refractivity contribution in [1.82, 2.24) is 4.90 Å². The maximum atomic E-state index is 10.1. The van der Waals surface area contributed by atoms with E-state index in [9.17, 15) is 14.7 Å². The first kappa shape index (κ1) is 42.1. The van der Waals surface area contributed by atoms with Gasteiger partial charge in [-0.15, -0.1) is 0 Å². The van der Waals surface area contributed by atoms with E-state index in [4.69, 9.17) is 22.7 Å². The molecule has 8 aromatic rings. The number of para-hydroxylation sites is 4. The van der Waals surface area contributed by atoms with Gasteiger partial charge in [0.1, 0.15) is 53.2 Å². The summed E-state index contributed by atoms with van der Waals surface area (Å²) in [6.45, 7) is 1.44. The van der Waals surface area contributed by atoms with Crippen LogP contribution in [0.2, 0.25) is 0 Å². The number of nitrogens with one attached hydrogen (secondary N) is 1. The molecule has 5 heterocycles. The predicted molar refractivity (Wildman–Crippen MR) is 240 cm³/mol. The number of fused-ring (bicyclic) bond motifs is 2. The van der Waals surface area contributed by atoms with E-state index >= 15 is 0 Å². The lowest BCUT2D eigenvalue weighted by atomic mass is 9.95. The Balaban J connectivity index is 0.000000177. The van der Waals surface area contributed by atoms with Crippen molar-refractivity contribution in [3.63, 3.8) is 0 Å². The van der Waals surface area contributed by atoms with Gasteiger partial charge >= 0.3 is 0 Å². The Hall–Kier alpha value is -7.56. The number of carbonyl (C=O) groups excluding carboxylic acids is 2. The van der Waals surface area contributed by atoms with Crippen LogP contribution in [0.3, 0.4) is 0 Å². The summed E-state index contributed by atoms with van der Waals surface area (Å²) in [5.74, 6) is 5.01. The van der Waals surface area contributed by atoms with Crippen LogP contribution in [0.25, 0.3) is 0 Å². The second-order valence-corrected chi connectivity index (χ2v) is 15.3. The van der Waals surface area contributed by atoms with Crippen molar-refractivity contribution in [3.8, 4) is 17.2 Å². The van der Waals surface area contributed by atoms with Crippen molar-refractivity contribution in [2.45, 2.75) is 57.1 Å². The number of phenols is 1. The third-order valence-electron chi connectivity index (χ3n) is 10.9. The molecule has 2 N–H and O–H groups in total. The van der Waals surface area contributed by atoms with E-state index in [0.29, 0.717) is 29.8 Å². The molecule has 2 aliphatic heterocycles. The molecule has 10 heteroatoms. The first-order valence-electron chi connectivity index (χ1n) is 21.0. The van der Waals surface area contributed by atoms with Crippen LogP contribution in [0.4, 0.5) is 5.69 Å². The second kappa shape index (κ2) is 20.8. The highest BCUT2D eigenvalue weighted by molar-refractivity contribution is 5.79. The number of aryl methyl sites for hydroxylation is 2. The molecule has 3 unspecified atom stereocenters. The molecule has 0 radical (unpaired) electrons. The topological polar surface area (TPSA) is 128 Å². The Morgan fingerprint density at radius 3 is 1.86 bits per heavy atom. The average molecular weight is 841 g/mol. The first-order valence-corrected chi connectivity index (χ1v) is 21.0. The van der Waals surface area contributed by atoms with Crippen molar-refractivity contribution in [1.29, 1.82) is 0 Å².